The molecule has 0 fully saturated rings. The Labute approximate surface area is 139 Å². The van der Waals surface area contributed by atoms with Crippen LogP contribution in [0, 0.1) is 30.6 Å². The van der Waals surface area contributed by atoms with E-state index in [9.17, 15) is 9.59 Å². The highest BCUT2D eigenvalue weighted by Crippen LogP contribution is 2.15. The van der Waals surface area contributed by atoms with Crippen LogP contribution in [-0.4, -0.2) is 18.2 Å². The highest BCUT2D eigenvalue weighted by Gasteiger charge is 2.15. The maximum atomic E-state index is 11.7. The van der Waals surface area contributed by atoms with Crippen LogP contribution < -0.4 is 0 Å². The molecule has 0 rings (SSSR count). The fourth-order valence-electron chi connectivity index (χ4n) is 1.97. The molecule has 0 radical (unpaired) electrons. The number of allylic oxidation sites excluding steroid dienone is 2. The van der Waals surface area contributed by atoms with E-state index in [1.165, 1.54) is 6.92 Å². The van der Waals surface area contributed by atoms with Crippen molar-refractivity contribution in [1.82, 2.24) is 0 Å². The first-order valence-electron chi connectivity index (χ1n) is 7.90. The molecule has 0 spiro atoms. The van der Waals surface area contributed by atoms with Gasteiger partial charge in [-0.05, 0) is 32.1 Å². The van der Waals surface area contributed by atoms with Crippen molar-refractivity contribution in [3.63, 3.8) is 0 Å². The number of carbonyl (C=O) groups excluding carboxylic acids is 2. The quantitative estimate of drug-likeness (QED) is 0.192. The van der Waals surface area contributed by atoms with Gasteiger partial charge in [0.25, 0.3) is 0 Å². The molecule has 0 aromatic carbocycles. The standard InChI is InChI=1S/C19H26O4/c1-5-8-9-10-13-18(20)22-16(4)23-19(21)15-14-17(11-6-2)12-7-3/h2-3,5,8,16-17H,9-15H2,1,4H3/b8-5-. The molecule has 0 bridgehead atoms. The molecule has 0 amide bonds. The summed E-state index contributed by atoms with van der Waals surface area (Å²) >= 11 is 0. The Morgan fingerprint density at radius 1 is 1.09 bits per heavy atom. The third-order valence-corrected chi connectivity index (χ3v) is 3.15. The van der Waals surface area contributed by atoms with Crippen molar-refractivity contribution >= 4 is 11.9 Å². The third kappa shape index (κ3) is 12.1. The summed E-state index contributed by atoms with van der Waals surface area (Å²) in [6.07, 6.45) is 17.3. The summed E-state index contributed by atoms with van der Waals surface area (Å²) in [6, 6.07) is 0. The summed E-state index contributed by atoms with van der Waals surface area (Å²) in [5.74, 6) is 4.43. The first kappa shape index (κ1) is 20.8. The zero-order valence-corrected chi connectivity index (χ0v) is 14.0. The summed E-state index contributed by atoms with van der Waals surface area (Å²) in [5, 5.41) is 0. The average Bonchev–Trinajstić information content (AvgIpc) is 2.49. The molecule has 0 heterocycles. The lowest BCUT2D eigenvalue weighted by molar-refractivity contribution is -0.184. The molecule has 0 saturated carbocycles. The number of hydrogen-bond donors (Lipinski definition) is 0. The molecule has 0 aromatic rings. The van der Waals surface area contributed by atoms with Gasteiger partial charge in [-0.25, -0.2) is 0 Å². The third-order valence-electron chi connectivity index (χ3n) is 3.15. The number of esters is 2. The Morgan fingerprint density at radius 3 is 2.17 bits per heavy atom. The van der Waals surface area contributed by atoms with E-state index in [2.05, 4.69) is 11.8 Å². The number of hydrogen-bond acceptors (Lipinski definition) is 4. The Kier molecular flexibility index (Phi) is 12.2. The summed E-state index contributed by atoms with van der Waals surface area (Å²) in [6.45, 7) is 3.46. The minimum atomic E-state index is -0.879. The van der Waals surface area contributed by atoms with E-state index in [0.717, 1.165) is 6.42 Å². The van der Waals surface area contributed by atoms with Crippen LogP contribution in [0.5, 0.6) is 0 Å². The van der Waals surface area contributed by atoms with E-state index in [4.69, 9.17) is 22.3 Å². The minimum absolute atomic E-state index is 0.113. The zero-order valence-electron chi connectivity index (χ0n) is 14.0. The Balaban J connectivity index is 3.98. The van der Waals surface area contributed by atoms with Gasteiger partial charge in [0, 0.05) is 32.6 Å². The van der Waals surface area contributed by atoms with Crippen LogP contribution in [-0.2, 0) is 19.1 Å². The molecule has 126 valence electrons. The second kappa shape index (κ2) is 13.5. The normalized spacial score (nSPS) is 11.7. The van der Waals surface area contributed by atoms with Crippen molar-refractivity contribution in [2.75, 3.05) is 0 Å². The van der Waals surface area contributed by atoms with E-state index in [-0.39, 0.29) is 18.3 Å². The molecule has 0 aromatic heterocycles. The molecular weight excluding hydrogens is 292 g/mol. The molecule has 4 heteroatoms. The molecule has 1 unspecified atom stereocenters. The maximum absolute atomic E-state index is 11.7. The average molecular weight is 318 g/mol. The molecule has 0 saturated heterocycles. The largest absolute Gasteiger partial charge is 0.425 e. The van der Waals surface area contributed by atoms with Crippen LogP contribution in [0.3, 0.4) is 0 Å². The van der Waals surface area contributed by atoms with E-state index >= 15 is 0 Å². The molecule has 23 heavy (non-hydrogen) atoms. The monoisotopic (exact) mass is 318 g/mol. The van der Waals surface area contributed by atoms with Crippen molar-refractivity contribution in [2.45, 2.75) is 65.1 Å². The minimum Gasteiger partial charge on any atom is -0.425 e. The molecule has 0 aliphatic carbocycles. The molecule has 0 aliphatic heterocycles. The van der Waals surface area contributed by atoms with Crippen molar-refractivity contribution in [3.05, 3.63) is 12.2 Å². The first-order valence-corrected chi connectivity index (χ1v) is 7.90. The topological polar surface area (TPSA) is 52.6 Å². The molecule has 0 N–H and O–H groups in total. The lowest BCUT2D eigenvalue weighted by Gasteiger charge is -2.15. The predicted octanol–water partition coefficient (Wildman–Crippen LogP) is 3.61. The number of terminal acetylenes is 2. The van der Waals surface area contributed by atoms with E-state index < -0.39 is 12.3 Å². The first-order chi connectivity index (χ1) is 11.0. The van der Waals surface area contributed by atoms with Crippen molar-refractivity contribution < 1.29 is 19.1 Å². The highest BCUT2D eigenvalue weighted by atomic mass is 16.7. The van der Waals surface area contributed by atoms with Crippen LogP contribution >= 0.6 is 0 Å². The van der Waals surface area contributed by atoms with Gasteiger partial charge in [-0.2, -0.15) is 0 Å². The molecule has 0 aliphatic rings. The van der Waals surface area contributed by atoms with Gasteiger partial charge in [-0.15, -0.1) is 24.7 Å². The number of unbranched alkanes of at least 4 members (excludes halogenated alkanes) is 1. The molecule has 1 atom stereocenters. The van der Waals surface area contributed by atoms with E-state index in [0.29, 0.717) is 32.1 Å². The Bertz CT molecular complexity index is 449. The number of ether oxygens (including phenoxy) is 2. The van der Waals surface area contributed by atoms with E-state index in [1.807, 2.05) is 19.1 Å². The van der Waals surface area contributed by atoms with Crippen LogP contribution in [0.4, 0.5) is 0 Å². The second-order valence-corrected chi connectivity index (χ2v) is 5.23. The van der Waals surface area contributed by atoms with Crippen LogP contribution in [0.25, 0.3) is 0 Å². The van der Waals surface area contributed by atoms with Gasteiger partial charge in [0.1, 0.15) is 0 Å². The predicted molar refractivity (Wildman–Crippen MR) is 89.9 cm³/mol. The van der Waals surface area contributed by atoms with Gasteiger partial charge in [0.15, 0.2) is 0 Å². The summed E-state index contributed by atoms with van der Waals surface area (Å²) < 4.78 is 10.1. The second-order valence-electron chi connectivity index (χ2n) is 5.23. The van der Waals surface area contributed by atoms with Crippen molar-refractivity contribution in [1.29, 1.82) is 0 Å². The van der Waals surface area contributed by atoms with Crippen LogP contribution in [0.2, 0.25) is 0 Å². The van der Waals surface area contributed by atoms with Gasteiger partial charge < -0.3 is 9.47 Å². The van der Waals surface area contributed by atoms with Gasteiger partial charge >= 0.3 is 11.9 Å². The Hall–Kier alpha value is -2.20. The lowest BCUT2D eigenvalue weighted by Crippen LogP contribution is -2.22. The molecule has 4 nitrogen and oxygen atoms in total. The van der Waals surface area contributed by atoms with Gasteiger partial charge in [0.2, 0.25) is 6.29 Å². The maximum Gasteiger partial charge on any atom is 0.308 e. The Morgan fingerprint density at radius 2 is 1.65 bits per heavy atom. The SMILES string of the molecule is C#CCC(CC#C)CCC(=O)OC(C)OC(=O)CCC/C=C\C. The summed E-state index contributed by atoms with van der Waals surface area (Å²) in [5.41, 5.74) is 0. The summed E-state index contributed by atoms with van der Waals surface area (Å²) in [4.78, 5) is 23.3. The van der Waals surface area contributed by atoms with Gasteiger partial charge in [0.05, 0.1) is 0 Å². The highest BCUT2D eigenvalue weighted by molar-refractivity contribution is 5.71. The fourth-order valence-corrected chi connectivity index (χ4v) is 1.97. The zero-order chi connectivity index (χ0) is 17.5. The van der Waals surface area contributed by atoms with Crippen LogP contribution in [0.1, 0.15) is 58.8 Å². The molecular formula is C19H26O4. The van der Waals surface area contributed by atoms with Gasteiger partial charge in [-0.3, -0.25) is 9.59 Å². The van der Waals surface area contributed by atoms with Crippen molar-refractivity contribution in [2.24, 2.45) is 5.92 Å². The lowest BCUT2D eigenvalue weighted by atomic mass is 9.96. The van der Waals surface area contributed by atoms with Gasteiger partial charge in [-0.1, -0.05) is 12.2 Å². The van der Waals surface area contributed by atoms with Crippen LogP contribution in [0.15, 0.2) is 12.2 Å². The fraction of sp³-hybridized carbons (Fsp3) is 0.579. The summed E-state index contributed by atoms with van der Waals surface area (Å²) in [7, 11) is 0. The van der Waals surface area contributed by atoms with E-state index in [1.54, 1.807) is 0 Å². The smallest absolute Gasteiger partial charge is 0.308 e. The van der Waals surface area contributed by atoms with Crippen molar-refractivity contribution in [3.8, 4) is 24.7 Å². The number of carbonyl (C=O) groups is 2. The number of rotatable bonds is 11.